The monoisotopic (exact) mass is 304 g/mol. The molecule has 0 bridgehead atoms. The van der Waals surface area contributed by atoms with E-state index in [0.29, 0.717) is 5.15 Å². The fourth-order valence-corrected chi connectivity index (χ4v) is 3.24. The van der Waals surface area contributed by atoms with Crippen LogP contribution in [0.25, 0.3) is 5.65 Å². The van der Waals surface area contributed by atoms with Crippen LogP contribution >= 0.6 is 23.4 Å². The molecule has 0 amide bonds. The van der Waals surface area contributed by atoms with Crippen molar-refractivity contribution >= 4 is 29.0 Å². The Hall–Kier alpha value is -1.59. The van der Waals surface area contributed by atoms with Gasteiger partial charge in [0, 0.05) is 24.0 Å². The lowest BCUT2D eigenvalue weighted by molar-refractivity contribution is 0.791. The molecule has 3 rings (SSSR count). The number of aromatic nitrogens is 4. The summed E-state index contributed by atoms with van der Waals surface area (Å²) in [6.07, 6.45) is 9.14. The fraction of sp³-hybridized carbons (Fsp3) is 0.214. The Bertz CT molecular complexity index is 727. The van der Waals surface area contributed by atoms with Crippen molar-refractivity contribution in [3.05, 3.63) is 53.1 Å². The Morgan fingerprint density at radius 1 is 1.25 bits per heavy atom. The van der Waals surface area contributed by atoms with Gasteiger partial charge in [0.15, 0.2) is 5.65 Å². The number of nitrogens with zero attached hydrogens (tertiary/aromatic N) is 4. The number of fused-ring (bicyclic) bond motifs is 1. The van der Waals surface area contributed by atoms with Crippen LogP contribution in [-0.2, 0) is 12.8 Å². The highest BCUT2D eigenvalue weighted by Crippen LogP contribution is 2.27. The van der Waals surface area contributed by atoms with Crippen LogP contribution in [0.5, 0.6) is 0 Å². The minimum absolute atomic E-state index is 0.561. The van der Waals surface area contributed by atoms with Crippen molar-refractivity contribution in [3.63, 3.8) is 0 Å². The third-order valence-corrected chi connectivity index (χ3v) is 4.23. The Morgan fingerprint density at radius 2 is 2.15 bits per heavy atom. The molecule has 0 unspecified atom stereocenters. The molecule has 0 atom stereocenters. The predicted molar refractivity (Wildman–Crippen MR) is 81.4 cm³/mol. The largest absolute Gasteiger partial charge is 0.264 e. The topological polar surface area (TPSA) is 43.1 Å². The number of thioether (sulfide) groups is 1. The first kappa shape index (κ1) is 13.4. The van der Waals surface area contributed by atoms with E-state index in [1.807, 2.05) is 29.1 Å². The first-order valence-corrected chi connectivity index (χ1v) is 7.85. The standard InChI is InChI=1S/C14H13ClN4S/c1-20-14-11(5-4-10-3-2-7-16-9-10)13(15)18-12-6-8-17-19(12)14/h2-3,6-9H,4-5H2,1H3. The highest BCUT2D eigenvalue weighted by atomic mass is 35.5. The SMILES string of the molecule is CSc1c(CCc2cccnc2)c(Cl)nc2ccnn12. The molecule has 0 radical (unpaired) electrons. The Morgan fingerprint density at radius 3 is 2.90 bits per heavy atom. The van der Waals surface area contributed by atoms with Gasteiger partial charge in [0.05, 0.1) is 6.20 Å². The molecule has 0 aliphatic heterocycles. The van der Waals surface area contributed by atoms with Gasteiger partial charge in [-0.05, 0) is 30.7 Å². The maximum Gasteiger partial charge on any atom is 0.157 e. The molecule has 102 valence electrons. The van der Waals surface area contributed by atoms with E-state index in [2.05, 4.69) is 21.1 Å². The molecule has 0 fully saturated rings. The van der Waals surface area contributed by atoms with E-state index in [1.54, 1.807) is 24.2 Å². The van der Waals surface area contributed by atoms with Crippen molar-refractivity contribution in [2.75, 3.05) is 6.26 Å². The van der Waals surface area contributed by atoms with E-state index in [-0.39, 0.29) is 0 Å². The molecule has 0 N–H and O–H groups in total. The average Bonchev–Trinajstić information content (AvgIpc) is 2.93. The molecule has 3 heterocycles. The summed E-state index contributed by atoms with van der Waals surface area (Å²) in [5.74, 6) is 0. The van der Waals surface area contributed by atoms with Gasteiger partial charge < -0.3 is 0 Å². The zero-order chi connectivity index (χ0) is 13.9. The van der Waals surface area contributed by atoms with Gasteiger partial charge in [-0.3, -0.25) is 4.98 Å². The van der Waals surface area contributed by atoms with Crippen LogP contribution in [0.1, 0.15) is 11.1 Å². The minimum Gasteiger partial charge on any atom is -0.264 e. The van der Waals surface area contributed by atoms with Crippen molar-refractivity contribution in [1.82, 2.24) is 19.6 Å². The zero-order valence-electron chi connectivity index (χ0n) is 11.0. The third kappa shape index (κ3) is 2.51. The number of halogens is 1. The summed E-state index contributed by atoms with van der Waals surface area (Å²) in [6, 6.07) is 5.87. The normalized spacial score (nSPS) is 11.1. The maximum absolute atomic E-state index is 6.33. The molecule has 3 aromatic heterocycles. The molecule has 0 aliphatic rings. The quantitative estimate of drug-likeness (QED) is 0.548. The van der Waals surface area contributed by atoms with Crippen molar-refractivity contribution in [2.24, 2.45) is 0 Å². The second-order valence-corrected chi connectivity index (χ2v) is 5.51. The average molecular weight is 305 g/mol. The molecule has 0 aliphatic carbocycles. The molecule has 6 heteroatoms. The summed E-state index contributed by atoms with van der Waals surface area (Å²) in [4.78, 5) is 8.53. The second kappa shape index (κ2) is 5.81. The summed E-state index contributed by atoms with van der Waals surface area (Å²) in [7, 11) is 0. The second-order valence-electron chi connectivity index (χ2n) is 4.35. The van der Waals surface area contributed by atoms with Crippen LogP contribution in [0.15, 0.2) is 41.8 Å². The van der Waals surface area contributed by atoms with E-state index in [1.165, 1.54) is 5.56 Å². The van der Waals surface area contributed by atoms with Crippen molar-refractivity contribution in [1.29, 1.82) is 0 Å². The van der Waals surface area contributed by atoms with Gasteiger partial charge in [0.25, 0.3) is 0 Å². The summed E-state index contributed by atoms with van der Waals surface area (Å²) >= 11 is 7.97. The summed E-state index contributed by atoms with van der Waals surface area (Å²) < 4.78 is 1.84. The van der Waals surface area contributed by atoms with Gasteiger partial charge >= 0.3 is 0 Å². The Labute approximate surface area is 126 Å². The molecule has 4 nitrogen and oxygen atoms in total. The molecule has 20 heavy (non-hydrogen) atoms. The molecule has 0 saturated carbocycles. The molecular formula is C14H13ClN4S. The Kier molecular flexibility index (Phi) is 3.89. The molecule has 3 aromatic rings. The number of hydrogen-bond acceptors (Lipinski definition) is 4. The lowest BCUT2D eigenvalue weighted by atomic mass is 10.1. The van der Waals surface area contributed by atoms with Crippen LogP contribution in [-0.4, -0.2) is 25.8 Å². The van der Waals surface area contributed by atoms with E-state index in [9.17, 15) is 0 Å². The van der Waals surface area contributed by atoms with Crippen LogP contribution in [0.2, 0.25) is 5.15 Å². The van der Waals surface area contributed by atoms with E-state index in [4.69, 9.17) is 11.6 Å². The van der Waals surface area contributed by atoms with E-state index < -0.39 is 0 Å². The van der Waals surface area contributed by atoms with Gasteiger partial charge in [-0.15, -0.1) is 11.8 Å². The summed E-state index contributed by atoms with van der Waals surface area (Å²) in [5.41, 5.74) is 3.01. The molecular weight excluding hydrogens is 292 g/mol. The lowest BCUT2D eigenvalue weighted by Crippen LogP contribution is -2.04. The maximum atomic E-state index is 6.33. The molecule has 0 aromatic carbocycles. The van der Waals surface area contributed by atoms with Crippen molar-refractivity contribution < 1.29 is 0 Å². The van der Waals surface area contributed by atoms with Crippen molar-refractivity contribution in [3.8, 4) is 0 Å². The minimum atomic E-state index is 0.561. The smallest absolute Gasteiger partial charge is 0.157 e. The number of pyridine rings is 1. The third-order valence-electron chi connectivity index (χ3n) is 3.11. The number of hydrogen-bond donors (Lipinski definition) is 0. The van der Waals surface area contributed by atoms with Gasteiger partial charge in [-0.1, -0.05) is 17.7 Å². The van der Waals surface area contributed by atoms with Crippen molar-refractivity contribution in [2.45, 2.75) is 17.9 Å². The first-order valence-electron chi connectivity index (χ1n) is 6.24. The number of rotatable bonds is 4. The van der Waals surface area contributed by atoms with Gasteiger partial charge in [0.1, 0.15) is 10.2 Å². The highest BCUT2D eigenvalue weighted by Gasteiger charge is 2.14. The first-order chi connectivity index (χ1) is 9.79. The van der Waals surface area contributed by atoms with E-state index in [0.717, 1.165) is 29.1 Å². The predicted octanol–water partition coefficient (Wildman–Crippen LogP) is 3.28. The summed E-state index contributed by atoms with van der Waals surface area (Å²) in [5, 5.41) is 5.92. The zero-order valence-corrected chi connectivity index (χ0v) is 12.5. The summed E-state index contributed by atoms with van der Waals surface area (Å²) in [6.45, 7) is 0. The molecule has 0 spiro atoms. The van der Waals surface area contributed by atoms with Gasteiger partial charge in [0.2, 0.25) is 0 Å². The highest BCUT2D eigenvalue weighted by molar-refractivity contribution is 7.98. The fourth-order valence-electron chi connectivity index (χ4n) is 2.16. The molecule has 0 saturated heterocycles. The Balaban J connectivity index is 1.96. The van der Waals surface area contributed by atoms with Crippen LogP contribution in [0, 0.1) is 0 Å². The van der Waals surface area contributed by atoms with Crippen LogP contribution < -0.4 is 0 Å². The van der Waals surface area contributed by atoms with E-state index >= 15 is 0 Å². The lowest BCUT2D eigenvalue weighted by Gasteiger charge is -2.11. The number of aryl methyl sites for hydroxylation is 1. The van der Waals surface area contributed by atoms with Gasteiger partial charge in [-0.2, -0.15) is 5.10 Å². The van der Waals surface area contributed by atoms with Gasteiger partial charge in [-0.25, -0.2) is 9.50 Å². The van der Waals surface area contributed by atoms with Crippen LogP contribution in [0.4, 0.5) is 0 Å². The van der Waals surface area contributed by atoms with Crippen LogP contribution in [0.3, 0.4) is 0 Å².